The number of nitrogens with one attached hydrogen (secondary N) is 1. The zero-order valence-electron chi connectivity index (χ0n) is 12.7. The lowest BCUT2D eigenvalue weighted by Gasteiger charge is -2.40. The molecule has 8 heteroatoms. The normalized spacial score (nSPS) is 16.1. The van der Waals surface area contributed by atoms with E-state index in [1.165, 1.54) is 6.33 Å². The van der Waals surface area contributed by atoms with Gasteiger partial charge < -0.3 is 10.2 Å². The fourth-order valence-corrected chi connectivity index (χ4v) is 2.36. The van der Waals surface area contributed by atoms with Crippen molar-refractivity contribution in [3.8, 4) is 0 Å². The van der Waals surface area contributed by atoms with E-state index in [1.807, 2.05) is 25.7 Å². The first kappa shape index (κ1) is 13.7. The highest BCUT2D eigenvalue weighted by atomic mass is 16.2. The average Bonchev–Trinajstić information content (AvgIpc) is 2.68. The van der Waals surface area contributed by atoms with E-state index in [-0.39, 0.29) is 17.4 Å². The van der Waals surface area contributed by atoms with Gasteiger partial charge in [-0.15, -0.1) is 5.10 Å². The second-order valence-electron chi connectivity index (χ2n) is 6.42. The van der Waals surface area contributed by atoms with E-state index in [4.69, 9.17) is 0 Å². The maximum absolute atomic E-state index is 12.1. The summed E-state index contributed by atoms with van der Waals surface area (Å²) in [5.41, 5.74) is 1.17. The lowest BCUT2D eigenvalue weighted by Crippen LogP contribution is -2.56. The van der Waals surface area contributed by atoms with E-state index in [9.17, 15) is 4.79 Å². The highest BCUT2D eigenvalue weighted by molar-refractivity contribution is 5.86. The zero-order chi connectivity index (χ0) is 15.2. The van der Waals surface area contributed by atoms with Crippen LogP contribution in [-0.4, -0.2) is 49.5 Å². The van der Waals surface area contributed by atoms with Gasteiger partial charge in [-0.1, -0.05) is 5.21 Å². The molecule has 3 rings (SSSR count). The maximum atomic E-state index is 12.1. The molecule has 21 heavy (non-hydrogen) atoms. The van der Waals surface area contributed by atoms with E-state index in [1.54, 1.807) is 11.7 Å². The van der Waals surface area contributed by atoms with Gasteiger partial charge in [0.25, 0.3) is 0 Å². The van der Waals surface area contributed by atoms with Gasteiger partial charge in [0, 0.05) is 25.7 Å². The molecule has 2 aromatic rings. The monoisotopic (exact) mass is 289 g/mol. The van der Waals surface area contributed by atoms with Crippen molar-refractivity contribution < 1.29 is 4.79 Å². The molecule has 0 radical (unpaired) electrons. The number of hydrogen-bond acceptors (Lipinski definition) is 6. The Hall–Kier alpha value is -2.25. The summed E-state index contributed by atoms with van der Waals surface area (Å²) in [6.07, 6.45) is 1.50. The molecule has 112 valence electrons. The summed E-state index contributed by atoms with van der Waals surface area (Å²) in [4.78, 5) is 22.6. The number of anilines is 1. The number of amides is 1. The predicted molar refractivity (Wildman–Crippen MR) is 77.7 cm³/mol. The highest BCUT2D eigenvalue weighted by Gasteiger charge is 2.36. The first-order valence-corrected chi connectivity index (χ1v) is 6.92. The van der Waals surface area contributed by atoms with E-state index >= 15 is 0 Å². The smallest absolute Gasteiger partial charge is 0.227 e. The van der Waals surface area contributed by atoms with Crippen LogP contribution in [0.2, 0.25) is 0 Å². The lowest BCUT2D eigenvalue weighted by atomic mass is 9.97. The summed E-state index contributed by atoms with van der Waals surface area (Å²) >= 11 is 0. The Kier molecular flexibility index (Phi) is 3.03. The number of aromatic nitrogens is 5. The summed E-state index contributed by atoms with van der Waals surface area (Å²) in [6, 6.07) is 0. The van der Waals surface area contributed by atoms with Crippen molar-refractivity contribution in [3.63, 3.8) is 0 Å². The van der Waals surface area contributed by atoms with Crippen LogP contribution < -0.4 is 10.2 Å². The van der Waals surface area contributed by atoms with Crippen LogP contribution in [0.5, 0.6) is 0 Å². The van der Waals surface area contributed by atoms with Gasteiger partial charge in [-0.3, -0.25) is 4.79 Å². The van der Waals surface area contributed by atoms with Gasteiger partial charge in [-0.05, 0) is 20.8 Å². The summed E-state index contributed by atoms with van der Waals surface area (Å²) < 4.78 is 1.62. The van der Waals surface area contributed by atoms with Gasteiger partial charge in [0.05, 0.1) is 5.92 Å². The first-order valence-electron chi connectivity index (χ1n) is 6.92. The van der Waals surface area contributed by atoms with Crippen LogP contribution in [0, 0.1) is 5.92 Å². The van der Waals surface area contributed by atoms with Gasteiger partial charge in [-0.2, -0.15) is 0 Å². The molecule has 0 saturated carbocycles. The van der Waals surface area contributed by atoms with Crippen molar-refractivity contribution in [1.82, 2.24) is 30.3 Å². The Morgan fingerprint density at radius 1 is 1.33 bits per heavy atom. The fourth-order valence-electron chi connectivity index (χ4n) is 2.36. The SMILES string of the molecule is Cn1nnc2c(N3CC(C(=O)NC(C)(C)C)C3)ncnc21. The fraction of sp³-hybridized carbons (Fsp3) is 0.615. The van der Waals surface area contributed by atoms with Gasteiger partial charge in [0.1, 0.15) is 6.33 Å². The van der Waals surface area contributed by atoms with Crippen molar-refractivity contribution >= 4 is 22.9 Å². The third kappa shape index (κ3) is 2.53. The van der Waals surface area contributed by atoms with Crippen LogP contribution in [-0.2, 0) is 11.8 Å². The molecule has 1 N–H and O–H groups in total. The summed E-state index contributed by atoms with van der Waals surface area (Å²) in [6.45, 7) is 7.23. The molecule has 8 nitrogen and oxygen atoms in total. The Morgan fingerprint density at radius 2 is 2.05 bits per heavy atom. The lowest BCUT2D eigenvalue weighted by molar-refractivity contribution is -0.127. The number of carbonyl (C=O) groups is 1. The van der Waals surface area contributed by atoms with E-state index in [0.717, 1.165) is 5.82 Å². The molecule has 0 spiro atoms. The molecule has 1 aliphatic heterocycles. The maximum Gasteiger partial charge on any atom is 0.227 e. The van der Waals surface area contributed by atoms with Crippen LogP contribution in [0.25, 0.3) is 11.2 Å². The van der Waals surface area contributed by atoms with Crippen molar-refractivity contribution in [1.29, 1.82) is 0 Å². The Labute approximate surface area is 122 Å². The quantitative estimate of drug-likeness (QED) is 0.844. The minimum atomic E-state index is -0.204. The van der Waals surface area contributed by atoms with E-state index < -0.39 is 0 Å². The third-order valence-electron chi connectivity index (χ3n) is 3.42. The largest absolute Gasteiger partial charge is 0.353 e. The molecule has 0 aliphatic carbocycles. The first-order chi connectivity index (χ1) is 9.85. The number of hydrogen-bond donors (Lipinski definition) is 1. The van der Waals surface area contributed by atoms with Crippen molar-refractivity contribution in [2.45, 2.75) is 26.3 Å². The number of aryl methyl sites for hydroxylation is 1. The highest BCUT2D eigenvalue weighted by Crippen LogP contribution is 2.27. The third-order valence-corrected chi connectivity index (χ3v) is 3.42. The minimum Gasteiger partial charge on any atom is -0.353 e. The minimum absolute atomic E-state index is 0.00842. The van der Waals surface area contributed by atoms with Crippen molar-refractivity contribution in [2.24, 2.45) is 13.0 Å². The Balaban J connectivity index is 1.72. The average molecular weight is 289 g/mol. The molecule has 0 aromatic carbocycles. The van der Waals surface area contributed by atoms with Crippen LogP contribution in [0.3, 0.4) is 0 Å². The second kappa shape index (κ2) is 4.64. The summed E-state index contributed by atoms with van der Waals surface area (Å²) in [5.74, 6) is 0.821. The van der Waals surface area contributed by atoms with Crippen LogP contribution >= 0.6 is 0 Å². The predicted octanol–water partition coefficient (Wildman–Crippen LogP) is 0.109. The molecule has 3 heterocycles. The van der Waals surface area contributed by atoms with Crippen LogP contribution in [0.15, 0.2) is 6.33 Å². The Morgan fingerprint density at radius 3 is 2.71 bits per heavy atom. The number of carbonyl (C=O) groups excluding carboxylic acids is 1. The van der Waals surface area contributed by atoms with Gasteiger partial charge in [0.2, 0.25) is 5.91 Å². The van der Waals surface area contributed by atoms with Crippen LogP contribution in [0.1, 0.15) is 20.8 Å². The standard InChI is InChI=1S/C13H19N7O/c1-13(2,3)16-12(21)8-5-20(6-8)11-9-10(14-7-15-11)19(4)18-17-9/h7-8H,5-6H2,1-4H3,(H,16,21). The van der Waals surface area contributed by atoms with Gasteiger partial charge in [-0.25, -0.2) is 14.6 Å². The van der Waals surface area contributed by atoms with Gasteiger partial charge >= 0.3 is 0 Å². The zero-order valence-corrected chi connectivity index (χ0v) is 12.7. The van der Waals surface area contributed by atoms with E-state index in [2.05, 4.69) is 25.6 Å². The molecule has 2 aromatic heterocycles. The number of nitrogens with zero attached hydrogens (tertiary/aromatic N) is 6. The van der Waals surface area contributed by atoms with E-state index in [0.29, 0.717) is 24.3 Å². The topological polar surface area (TPSA) is 88.8 Å². The Bertz CT molecular complexity index is 681. The number of fused-ring (bicyclic) bond motifs is 1. The molecular weight excluding hydrogens is 270 g/mol. The molecule has 1 fully saturated rings. The summed E-state index contributed by atoms with van der Waals surface area (Å²) in [7, 11) is 1.79. The summed E-state index contributed by atoms with van der Waals surface area (Å²) in [5, 5.41) is 11.1. The second-order valence-corrected chi connectivity index (χ2v) is 6.42. The number of rotatable bonds is 2. The molecule has 0 atom stereocenters. The molecule has 0 unspecified atom stereocenters. The van der Waals surface area contributed by atoms with Crippen molar-refractivity contribution in [3.05, 3.63) is 6.33 Å². The van der Waals surface area contributed by atoms with Crippen LogP contribution in [0.4, 0.5) is 5.82 Å². The van der Waals surface area contributed by atoms with Crippen molar-refractivity contribution in [2.75, 3.05) is 18.0 Å². The molecular formula is C13H19N7O. The molecule has 1 amide bonds. The molecule has 0 bridgehead atoms. The molecule has 1 aliphatic rings. The molecule has 1 saturated heterocycles. The van der Waals surface area contributed by atoms with Gasteiger partial charge in [0.15, 0.2) is 17.0 Å².